The van der Waals surface area contributed by atoms with Crippen molar-refractivity contribution in [1.29, 1.82) is 0 Å². The number of fused-ring (bicyclic) bond motifs is 1. The van der Waals surface area contributed by atoms with Crippen molar-refractivity contribution in [3.05, 3.63) is 108 Å². The molecule has 0 atom stereocenters. The molecular weight excluding hydrogens is 536 g/mol. The summed E-state index contributed by atoms with van der Waals surface area (Å²) in [6.07, 6.45) is 0.199. The summed E-state index contributed by atoms with van der Waals surface area (Å²) in [5.41, 5.74) is 2.16. The highest BCUT2D eigenvalue weighted by atomic mass is 19.4. The number of H-pyrrole nitrogens is 1. The lowest BCUT2D eigenvalue weighted by Crippen LogP contribution is -2.22. The second-order valence-electron chi connectivity index (χ2n) is 9.48. The predicted octanol–water partition coefficient (Wildman–Crippen LogP) is 6.23. The van der Waals surface area contributed by atoms with Crippen molar-refractivity contribution in [3.63, 3.8) is 0 Å². The summed E-state index contributed by atoms with van der Waals surface area (Å²) in [6, 6.07) is 16.4. The van der Waals surface area contributed by atoms with E-state index in [-0.39, 0.29) is 23.5 Å². The Bertz CT molecular complexity index is 1530. The van der Waals surface area contributed by atoms with E-state index in [1.807, 2.05) is 0 Å². The minimum Gasteiger partial charge on any atom is -0.476 e. The average Bonchev–Trinajstić information content (AvgIpc) is 3.32. The molecule has 0 fully saturated rings. The lowest BCUT2D eigenvalue weighted by molar-refractivity contribution is -0.124. The zero-order valence-corrected chi connectivity index (χ0v) is 22.6. The molecule has 41 heavy (non-hydrogen) atoms. The normalized spacial score (nSPS) is 12.5. The maximum absolute atomic E-state index is 14.4. The van der Waals surface area contributed by atoms with Gasteiger partial charge in [0.15, 0.2) is 0 Å². The molecular formula is C31H30F4N4O2. The highest BCUT2D eigenvalue weighted by molar-refractivity contribution is 6.00. The van der Waals surface area contributed by atoms with Crippen LogP contribution in [0.2, 0.25) is 0 Å². The van der Waals surface area contributed by atoms with Crippen molar-refractivity contribution in [2.24, 2.45) is 0 Å². The fraction of sp³-hybridized carbons (Fsp3) is 0.226. The second-order valence-corrected chi connectivity index (χ2v) is 9.48. The molecule has 4 aromatic rings. The number of rotatable bonds is 11. The summed E-state index contributed by atoms with van der Waals surface area (Å²) in [4.78, 5) is 20.2. The Labute approximate surface area is 235 Å². The zero-order valence-electron chi connectivity index (χ0n) is 22.6. The second kappa shape index (κ2) is 13.3. The van der Waals surface area contributed by atoms with Gasteiger partial charge >= 0.3 is 6.18 Å². The van der Waals surface area contributed by atoms with Gasteiger partial charge in [-0.25, -0.2) is 9.37 Å². The van der Waals surface area contributed by atoms with Crippen LogP contribution in [0, 0.1) is 5.82 Å². The minimum atomic E-state index is -4.49. The molecule has 0 aliphatic carbocycles. The van der Waals surface area contributed by atoms with E-state index < -0.39 is 18.4 Å². The summed E-state index contributed by atoms with van der Waals surface area (Å²) < 4.78 is 61.7. The first kappa shape index (κ1) is 29.5. The quantitative estimate of drug-likeness (QED) is 0.0978. The number of hydrogen-bond acceptors (Lipinski definition) is 4. The minimum absolute atomic E-state index is 0.0499. The van der Waals surface area contributed by atoms with Crippen LogP contribution in [0.15, 0.2) is 85.2 Å². The molecule has 2 aromatic heterocycles. The number of ether oxygens (including phenoxy) is 1. The largest absolute Gasteiger partial charge is 0.476 e. The smallest absolute Gasteiger partial charge is 0.393 e. The van der Waals surface area contributed by atoms with Gasteiger partial charge in [-0.1, -0.05) is 42.5 Å². The van der Waals surface area contributed by atoms with Crippen molar-refractivity contribution >= 4 is 28.0 Å². The molecule has 0 saturated carbocycles. The van der Waals surface area contributed by atoms with Gasteiger partial charge in [0.1, 0.15) is 12.4 Å². The molecule has 6 nitrogen and oxygen atoms in total. The number of pyridine rings is 1. The van der Waals surface area contributed by atoms with E-state index in [0.717, 1.165) is 0 Å². The zero-order chi connectivity index (χ0) is 29.4. The lowest BCUT2D eigenvalue weighted by atomic mass is 9.88. The number of carbonyl (C=O) groups is 1. The highest BCUT2D eigenvalue weighted by Crippen LogP contribution is 2.40. The highest BCUT2D eigenvalue weighted by Gasteiger charge is 2.31. The number of carbonyl (C=O) groups excluding carboxylic acids is 1. The van der Waals surface area contributed by atoms with Gasteiger partial charge in [0.05, 0.1) is 6.42 Å². The third-order valence-corrected chi connectivity index (χ3v) is 6.24. The van der Waals surface area contributed by atoms with Crippen molar-refractivity contribution in [2.45, 2.75) is 12.6 Å². The first-order valence-corrected chi connectivity index (χ1v) is 12.9. The van der Waals surface area contributed by atoms with Gasteiger partial charge < -0.3 is 19.9 Å². The molecule has 0 saturated heterocycles. The monoisotopic (exact) mass is 566 g/mol. The summed E-state index contributed by atoms with van der Waals surface area (Å²) in [5.74, 6) is -0.296. The van der Waals surface area contributed by atoms with Crippen LogP contribution in [-0.4, -0.2) is 60.7 Å². The van der Waals surface area contributed by atoms with E-state index in [9.17, 15) is 22.4 Å². The van der Waals surface area contributed by atoms with Gasteiger partial charge in [-0.15, -0.1) is 0 Å². The van der Waals surface area contributed by atoms with Crippen LogP contribution in [0.25, 0.3) is 22.0 Å². The van der Waals surface area contributed by atoms with E-state index in [1.165, 1.54) is 23.4 Å². The van der Waals surface area contributed by atoms with Crippen molar-refractivity contribution in [2.75, 3.05) is 33.8 Å². The van der Waals surface area contributed by atoms with E-state index in [1.54, 1.807) is 80.8 Å². The van der Waals surface area contributed by atoms with Crippen LogP contribution in [0.3, 0.4) is 0 Å². The van der Waals surface area contributed by atoms with Gasteiger partial charge in [0, 0.05) is 68.2 Å². The Balaban J connectivity index is 1.61. The van der Waals surface area contributed by atoms with Gasteiger partial charge in [-0.3, -0.25) is 4.79 Å². The van der Waals surface area contributed by atoms with Crippen LogP contribution in [0.1, 0.15) is 23.1 Å². The molecule has 10 heteroatoms. The Hall–Kier alpha value is -4.44. The number of aromatic amines is 1. The van der Waals surface area contributed by atoms with Crippen LogP contribution < -0.4 is 10.1 Å². The Kier molecular flexibility index (Phi) is 9.57. The number of aromatic nitrogens is 2. The van der Waals surface area contributed by atoms with E-state index in [2.05, 4.69) is 15.3 Å². The number of halogens is 4. The van der Waals surface area contributed by atoms with Crippen molar-refractivity contribution in [3.8, 4) is 5.88 Å². The lowest BCUT2D eigenvalue weighted by Gasteiger charge is -2.19. The Morgan fingerprint density at radius 3 is 2.49 bits per heavy atom. The number of likely N-dealkylation sites (N-methyl/N-ethyl adjacent to an activating group) is 1. The van der Waals surface area contributed by atoms with Crippen molar-refractivity contribution < 1.29 is 27.1 Å². The molecule has 0 unspecified atom stereocenters. The number of alkyl halides is 3. The molecule has 0 aliphatic rings. The van der Waals surface area contributed by atoms with Gasteiger partial charge in [-0.2, -0.15) is 13.2 Å². The summed E-state index contributed by atoms with van der Waals surface area (Å²) in [5, 5.41) is 3.39. The fourth-order valence-corrected chi connectivity index (χ4v) is 4.27. The van der Waals surface area contributed by atoms with Crippen molar-refractivity contribution in [1.82, 2.24) is 20.2 Å². The molecule has 0 radical (unpaired) electrons. The standard InChI is InChI=1S/C31H30F4N4O2/c1-39(2)29(40)9-6-14-36-15-16-41-28-13-11-23(19-38-28)30(22-10-12-27-24(17-22)26(32)20-37-27)25(18-31(33,34)35)21-7-4-3-5-8-21/h3-13,17,19-20,36-37H,14-16,18H2,1-2H3/b9-6?,30-25-. The first-order chi connectivity index (χ1) is 19.6. The summed E-state index contributed by atoms with van der Waals surface area (Å²) in [7, 11) is 3.34. The number of nitrogens with one attached hydrogen (secondary N) is 2. The molecule has 0 bridgehead atoms. The molecule has 1 amide bonds. The number of allylic oxidation sites excluding steroid dienone is 1. The number of benzene rings is 2. The van der Waals surface area contributed by atoms with Crippen LogP contribution in [0.5, 0.6) is 5.88 Å². The predicted molar refractivity (Wildman–Crippen MR) is 152 cm³/mol. The fourth-order valence-electron chi connectivity index (χ4n) is 4.27. The Morgan fingerprint density at radius 2 is 1.80 bits per heavy atom. The van der Waals surface area contributed by atoms with Crippen LogP contribution in [-0.2, 0) is 4.79 Å². The molecule has 2 heterocycles. The van der Waals surface area contributed by atoms with Crippen LogP contribution >= 0.6 is 0 Å². The molecule has 214 valence electrons. The first-order valence-electron chi connectivity index (χ1n) is 12.9. The third-order valence-electron chi connectivity index (χ3n) is 6.24. The number of amides is 1. The maximum Gasteiger partial charge on any atom is 0.393 e. The van der Waals surface area contributed by atoms with Crippen LogP contribution in [0.4, 0.5) is 17.6 Å². The van der Waals surface area contributed by atoms with Gasteiger partial charge in [0.2, 0.25) is 11.8 Å². The molecule has 0 spiro atoms. The maximum atomic E-state index is 14.4. The SMILES string of the molecule is CN(C)C(=O)C=CCNCCOc1ccc(/C(=C(/CC(F)(F)F)c2ccccc2)c2ccc3[nH]cc(F)c3c2)cn1. The average molecular weight is 567 g/mol. The molecule has 2 aromatic carbocycles. The molecule has 4 rings (SSSR count). The van der Waals surface area contributed by atoms with Gasteiger partial charge in [0.25, 0.3) is 0 Å². The molecule has 2 N–H and O–H groups in total. The summed E-state index contributed by atoms with van der Waals surface area (Å²) >= 11 is 0. The topological polar surface area (TPSA) is 70.2 Å². The Morgan fingerprint density at radius 1 is 1.05 bits per heavy atom. The number of hydrogen-bond donors (Lipinski definition) is 2. The van der Waals surface area contributed by atoms with E-state index >= 15 is 0 Å². The summed E-state index contributed by atoms with van der Waals surface area (Å²) in [6.45, 7) is 1.26. The van der Waals surface area contributed by atoms with E-state index in [4.69, 9.17) is 4.74 Å². The van der Waals surface area contributed by atoms with E-state index in [0.29, 0.717) is 46.7 Å². The van der Waals surface area contributed by atoms with Gasteiger partial charge in [-0.05, 0) is 40.5 Å². The molecule has 0 aliphatic heterocycles. The third kappa shape index (κ3) is 8.04. The number of nitrogens with zero attached hydrogens (tertiary/aromatic N) is 2.